The minimum Gasteiger partial charge on any atom is -0.497 e. The van der Waals surface area contributed by atoms with E-state index in [9.17, 15) is 9.59 Å². The van der Waals surface area contributed by atoms with Crippen molar-refractivity contribution in [2.24, 2.45) is 10.8 Å². The van der Waals surface area contributed by atoms with Crippen LogP contribution in [0.4, 0.5) is 0 Å². The third-order valence-corrected chi connectivity index (χ3v) is 8.61. The summed E-state index contributed by atoms with van der Waals surface area (Å²) in [4.78, 5) is 35.8. The molecular formula is C36H38N2O6. The van der Waals surface area contributed by atoms with Crippen molar-refractivity contribution < 1.29 is 28.5 Å². The smallest absolute Gasteiger partial charge is 0.331 e. The Hall–Kier alpha value is -4.46. The monoisotopic (exact) mass is 594 g/mol. The molecule has 2 unspecified atom stereocenters. The lowest BCUT2D eigenvalue weighted by Gasteiger charge is -2.36. The Morgan fingerprint density at radius 2 is 1.09 bits per heavy atom. The predicted octanol–water partition coefficient (Wildman–Crippen LogP) is 7.17. The summed E-state index contributed by atoms with van der Waals surface area (Å²) in [6.07, 6.45) is 4.17. The first-order chi connectivity index (χ1) is 20.9. The topological polar surface area (TPSA) is 96.8 Å². The molecule has 0 N–H and O–H groups in total. The molecule has 0 radical (unpaired) electrons. The van der Waals surface area contributed by atoms with E-state index in [0.717, 1.165) is 80.8 Å². The number of aromatic nitrogens is 2. The number of fused-ring (bicyclic) bond motifs is 4. The van der Waals surface area contributed by atoms with Crippen LogP contribution in [0.25, 0.3) is 21.8 Å². The van der Waals surface area contributed by atoms with Crippen molar-refractivity contribution >= 4 is 33.7 Å². The first kappa shape index (κ1) is 29.6. The fourth-order valence-corrected chi connectivity index (χ4v) is 6.48. The number of carbonyl (C=O) groups excluding carboxylic acids is 2. The van der Waals surface area contributed by atoms with Gasteiger partial charge in [0.2, 0.25) is 0 Å². The third-order valence-electron chi connectivity index (χ3n) is 8.61. The second-order valence-electron chi connectivity index (χ2n) is 13.4. The zero-order valence-electron chi connectivity index (χ0n) is 26.1. The number of pyridine rings is 2. The van der Waals surface area contributed by atoms with Crippen molar-refractivity contribution in [3.05, 3.63) is 83.2 Å². The van der Waals surface area contributed by atoms with Crippen molar-refractivity contribution in [2.45, 2.75) is 65.6 Å². The molecule has 2 atom stereocenters. The second-order valence-corrected chi connectivity index (χ2v) is 13.4. The van der Waals surface area contributed by atoms with Gasteiger partial charge in [0.15, 0.2) is 0 Å². The lowest BCUT2D eigenvalue weighted by molar-refractivity contribution is -0.148. The van der Waals surface area contributed by atoms with Crippen LogP contribution in [-0.2, 0) is 31.9 Å². The van der Waals surface area contributed by atoms with Crippen LogP contribution in [0.2, 0.25) is 0 Å². The van der Waals surface area contributed by atoms with Gasteiger partial charge in [-0.1, -0.05) is 27.7 Å². The molecule has 2 heterocycles. The average Bonchev–Trinajstić information content (AvgIpc) is 2.96. The molecule has 4 aromatic rings. The van der Waals surface area contributed by atoms with Crippen LogP contribution in [0.15, 0.2) is 60.7 Å². The standard InChI is InChI=1S/C36H38N2O6/c1-35(2)17-29-25(13-21-7-9-23(41-5)15-27(21)37-29)31(19-35)43-33(39)11-12-34(40)44-32-20-36(3,4)18-30-26(32)14-22-8-10-24(42-6)16-28(22)38-30/h7-16,31-32H,17-20H2,1-6H3/b12-11-. The average molecular weight is 595 g/mol. The number of ether oxygens (including phenoxy) is 4. The summed E-state index contributed by atoms with van der Waals surface area (Å²) < 4.78 is 22.6. The molecule has 2 aromatic carbocycles. The molecule has 2 aliphatic rings. The van der Waals surface area contributed by atoms with Gasteiger partial charge in [0.25, 0.3) is 0 Å². The van der Waals surface area contributed by atoms with Gasteiger partial charge >= 0.3 is 11.9 Å². The molecule has 0 saturated heterocycles. The molecule has 0 amide bonds. The Labute approximate surface area is 257 Å². The minimum absolute atomic E-state index is 0.120. The summed E-state index contributed by atoms with van der Waals surface area (Å²) in [6, 6.07) is 15.6. The van der Waals surface area contributed by atoms with Gasteiger partial charge in [-0.3, -0.25) is 9.97 Å². The molecule has 8 heteroatoms. The molecule has 8 nitrogen and oxygen atoms in total. The molecule has 228 valence electrons. The second kappa shape index (κ2) is 11.2. The summed E-state index contributed by atoms with van der Waals surface area (Å²) in [7, 11) is 3.26. The van der Waals surface area contributed by atoms with E-state index in [2.05, 4.69) is 27.7 Å². The molecule has 44 heavy (non-hydrogen) atoms. The number of esters is 2. The summed E-state index contributed by atoms with van der Waals surface area (Å²) >= 11 is 0. The van der Waals surface area contributed by atoms with Gasteiger partial charge in [0.05, 0.1) is 25.3 Å². The molecule has 2 aromatic heterocycles. The number of nitrogens with zero attached hydrogens (tertiary/aromatic N) is 2. The fourth-order valence-electron chi connectivity index (χ4n) is 6.48. The fraction of sp³-hybridized carbons (Fsp3) is 0.389. The Kier molecular flexibility index (Phi) is 7.56. The van der Waals surface area contributed by atoms with E-state index < -0.39 is 24.1 Å². The summed E-state index contributed by atoms with van der Waals surface area (Å²) in [5, 5.41) is 1.89. The van der Waals surface area contributed by atoms with Crippen LogP contribution in [0.5, 0.6) is 11.5 Å². The van der Waals surface area contributed by atoms with Crippen molar-refractivity contribution in [3.8, 4) is 11.5 Å². The van der Waals surface area contributed by atoms with Gasteiger partial charge in [-0.05, 0) is 72.9 Å². The molecule has 2 aliphatic carbocycles. The van der Waals surface area contributed by atoms with E-state index in [4.69, 9.17) is 28.9 Å². The number of rotatable bonds is 6. The van der Waals surface area contributed by atoms with Crippen LogP contribution >= 0.6 is 0 Å². The Morgan fingerprint density at radius 3 is 1.48 bits per heavy atom. The lowest BCUT2D eigenvalue weighted by Crippen LogP contribution is -2.29. The van der Waals surface area contributed by atoms with Gasteiger partial charge < -0.3 is 18.9 Å². The number of methoxy groups -OCH3 is 2. The van der Waals surface area contributed by atoms with E-state index in [1.54, 1.807) is 14.2 Å². The lowest BCUT2D eigenvalue weighted by atomic mass is 9.74. The van der Waals surface area contributed by atoms with Gasteiger partial charge in [-0.15, -0.1) is 0 Å². The normalized spacial score (nSPS) is 20.1. The van der Waals surface area contributed by atoms with Gasteiger partial charge in [-0.2, -0.15) is 0 Å². The molecule has 0 saturated carbocycles. The van der Waals surface area contributed by atoms with E-state index in [1.807, 2.05) is 48.5 Å². The van der Waals surface area contributed by atoms with Crippen LogP contribution in [-0.4, -0.2) is 36.1 Å². The highest BCUT2D eigenvalue weighted by Crippen LogP contribution is 2.44. The van der Waals surface area contributed by atoms with E-state index in [-0.39, 0.29) is 10.8 Å². The maximum Gasteiger partial charge on any atom is 0.331 e. The van der Waals surface area contributed by atoms with E-state index in [0.29, 0.717) is 12.8 Å². The van der Waals surface area contributed by atoms with Gasteiger partial charge in [0, 0.05) is 57.6 Å². The number of hydrogen-bond donors (Lipinski definition) is 0. The summed E-state index contributed by atoms with van der Waals surface area (Å²) in [6.45, 7) is 8.55. The molecule has 0 aliphatic heterocycles. The SMILES string of the molecule is COc1ccc2cc3c(nc2c1)CC(C)(C)CC3OC(=O)/C=C\C(=O)OC1CC(C)(C)Cc2nc3cc(OC)ccc3cc21. The number of hydrogen-bond acceptors (Lipinski definition) is 8. The quantitative estimate of drug-likeness (QED) is 0.171. The first-order valence-corrected chi connectivity index (χ1v) is 15.0. The van der Waals surface area contributed by atoms with Gasteiger partial charge in [-0.25, -0.2) is 9.59 Å². The van der Waals surface area contributed by atoms with Crippen LogP contribution in [0.1, 0.15) is 75.3 Å². The maximum atomic E-state index is 13.0. The van der Waals surface area contributed by atoms with Crippen molar-refractivity contribution in [1.29, 1.82) is 0 Å². The van der Waals surface area contributed by atoms with Crippen molar-refractivity contribution in [2.75, 3.05) is 14.2 Å². The van der Waals surface area contributed by atoms with Crippen LogP contribution in [0.3, 0.4) is 0 Å². The highest BCUT2D eigenvalue weighted by atomic mass is 16.5. The maximum absolute atomic E-state index is 13.0. The summed E-state index contributed by atoms with van der Waals surface area (Å²) in [5.74, 6) is 0.281. The highest BCUT2D eigenvalue weighted by molar-refractivity contribution is 5.92. The highest BCUT2D eigenvalue weighted by Gasteiger charge is 2.37. The third kappa shape index (κ3) is 6.11. The van der Waals surface area contributed by atoms with Crippen LogP contribution in [0, 0.1) is 10.8 Å². The van der Waals surface area contributed by atoms with Gasteiger partial charge in [0.1, 0.15) is 23.7 Å². The largest absolute Gasteiger partial charge is 0.497 e. The zero-order chi connectivity index (χ0) is 31.2. The van der Waals surface area contributed by atoms with Crippen LogP contribution < -0.4 is 9.47 Å². The molecule has 0 fully saturated rings. The first-order valence-electron chi connectivity index (χ1n) is 15.0. The Morgan fingerprint density at radius 1 is 0.682 bits per heavy atom. The molecule has 0 spiro atoms. The van der Waals surface area contributed by atoms with Crippen molar-refractivity contribution in [1.82, 2.24) is 9.97 Å². The summed E-state index contributed by atoms with van der Waals surface area (Å²) in [5.41, 5.74) is 5.03. The minimum atomic E-state index is -0.601. The van der Waals surface area contributed by atoms with E-state index >= 15 is 0 Å². The zero-order valence-corrected chi connectivity index (χ0v) is 26.1. The molecular weight excluding hydrogens is 556 g/mol. The van der Waals surface area contributed by atoms with E-state index in [1.165, 1.54) is 0 Å². The van der Waals surface area contributed by atoms with Crippen molar-refractivity contribution in [3.63, 3.8) is 0 Å². The Balaban J connectivity index is 1.19. The molecule has 0 bridgehead atoms. The Bertz CT molecular complexity index is 1680. The molecule has 6 rings (SSSR count). The predicted molar refractivity (Wildman–Crippen MR) is 168 cm³/mol. The number of carbonyl (C=O) groups is 2. The number of benzene rings is 2.